The number of nitrogens with zero attached hydrogens (tertiary/aromatic N) is 1. The normalized spacial score (nSPS) is 16.9. The van der Waals surface area contributed by atoms with E-state index in [9.17, 15) is 19.1 Å². The maximum atomic E-state index is 11.5. The summed E-state index contributed by atoms with van der Waals surface area (Å²) in [6, 6.07) is 5.15. The van der Waals surface area contributed by atoms with Crippen LogP contribution in [-0.2, 0) is 9.36 Å². The molecule has 1 aliphatic heterocycles. The van der Waals surface area contributed by atoms with Gasteiger partial charge in [0.2, 0.25) is 6.41 Å². The molecule has 0 bridgehead atoms. The SMILES string of the molecule is CCN1CCC(c2[nH]c3c(NC=O)cccc3c2OP(=O)(O)O)CC1. The summed E-state index contributed by atoms with van der Waals surface area (Å²) in [5.41, 5.74) is 1.82. The molecule has 0 radical (unpaired) electrons. The topological polar surface area (TPSA) is 115 Å². The molecule has 2 aromatic rings. The lowest BCUT2D eigenvalue weighted by molar-refractivity contribution is -0.105. The van der Waals surface area contributed by atoms with Crippen molar-refractivity contribution >= 4 is 30.8 Å². The van der Waals surface area contributed by atoms with Crippen molar-refractivity contribution in [2.24, 2.45) is 0 Å². The minimum atomic E-state index is -4.71. The summed E-state index contributed by atoms with van der Waals surface area (Å²) in [5, 5.41) is 3.15. The van der Waals surface area contributed by atoms with Crippen LogP contribution in [0.1, 0.15) is 31.4 Å². The van der Waals surface area contributed by atoms with Gasteiger partial charge in [0.15, 0.2) is 5.75 Å². The number of phosphoric ester groups is 1. The Labute approximate surface area is 145 Å². The average Bonchev–Trinajstić information content (AvgIpc) is 2.93. The number of para-hydroxylation sites is 1. The number of H-pyrrole nitrogens is 1. The Morgan fingerprint density at radius 1 is 1.40 bits per heavy atom. The van der Waals surface area contributed by atoms with Gasteiger partial charge in [-0.3, -0.25) is 14.6 Å². The number of benzene rings is 1. The smallest absolute Gasteiger partial charge is 0.402 e. The van der Waals surface area contributed by atoms with Crippen LogP contribution in [0.2, 0.25) is 0 Å². The van der Waals surface area contributed by atoms with Gasteiger partial charge in [-0.05, 0) is 44.6 Å². The Kier molecular flexibility index (Phi) is 5.15. The number of rotatable bonds is 6. The third-order valence-corrected chi connectivity index (χ3v) is 5.10. The highest BCUT2D eigenvalue weighted by Gasteiger charge is 2.29. The molecule has 1 fully saturated rings. The number of hydrogen-bond acceptors (Lipinski definition) is 4. The van der Waals surface area contributed by atoms with Crippen molar-refractivity contribution in [3.05, 3.63) is 23.9 Å². The zero-order chi connectivity index (χ0) is 18.0. The van der Waals surface area contributed by atoms with E-state index in [4.69, 9.17) is 4.52 Å². The van der Waals surface area contributed by atoms with E-state index >= 15 is 0 Å². The van der Waals surface area contributed by atoms with Gasteiger partial charge in [0.25, 0.3) is 0 Å². The molecular formula is C16H22N3O5P. The van der Waals surface area contributed by atoms with Gasteiger partial charge in [-0.25, -0.2) is 4.57 Å². The summed E-state index contributed by atoms with van der Waals surface area (Å²) in [6.07, 6.45) is 2.31. The van der Waals surface area contributed by atoms with Crippen molar-refractivity contribution < 1.29 is 23.7 Å². The molecular weight excluding hydrogens is 345 g/mol. The molecule has 0 aliphatic carbocycles. The van der Waals surface area contributed by atoms with E-state index in [1.807, 2.05) is 0 Å². The number of phosphoric acid groups is 1. The number of aromatic nitrogens is 1. The Bertz CT molecular complexity index is 807. The van der Waals surface area contributed by atoms with Crippen molar-refractivity contribution in [2.75, 3.05) is 25.0 Å². The monoisotopic (exact) mass is 367 g/mol. The van der Waals surface area contributed by atoms with Crippen molar-refractivity contribution in [3.8, 4) is 5.75 Å². The first-order valence-electron chi connectivity index (χ1n) is 8.25. The summed E-state index contributed by atoms with van der Waals surface area (Å²) >= 11 is 0. The van der Waals surface area contributed by atoms with Gasteiger partial charge in [-0.1, -0.05) is 13.0 Å². The van der Waals surface area contributed by atoms with Crippen LogP contribution in [-0.4, -0.2) is 45.7 Å². The molecule has 2 heterocycles. The van der Waals surface area contributed by atoms with Crippen LogP contribution in [0.5, 0.6) is 5.75 Å². The highest BCUT2D eigenvalue weighted by Crippen LogP contribution is 2.47. The highest BCUT2D eigenvalue weighted by atomic mass is 31.2. The van der Waals surface area contributed by atoms with Crippen LogP contribution >= 0.6 is 7.82 Å². The van der Waals surface area contributed by atoms with Gasteiger partial charge in [0.1, 0.15) is 0 Å². The number of carbonyl (C=O) groups excluding carboxylic acids is 1. The molecule has 1 amide bonds. The third kappa shape index (κ3) is 3.88. The van der Waals surface area contributed by atoms with E-state index in [1.54, 1.807) is 18.2 Å². The van der Waals surface area contributed by atoms with Crippen LogP contribution in [0.25, 0.3) is 10.9 Å². The lowest BCUT2D eigenvalue weighted by Gasteiger charge is -2.31. The van der Waals surface area contributed by atoms with Crippen molar-refractivity contribution in [2.45, 2.75) is 25.7 Å². The first-order chi connectivity index (χ1) is 11.9. The van der Waals surface area contributed by atoms with Crippen molar-refractivity contribution in [1.82, 2.24) is 9.88 Å². The lowest BCUT2D eigenvalue weighted by atomic mass is 9.93. The first kappa shape index (κ1) is 17.9. The molecule has 136 valence electrons. The highest BCUT2D eigenvalue weighted by molar-refractivity contribution is 7.46. The Morgan fingerprint density at radius 2 is 2.12 bits per heavy atom. The fraction of sp³-hybridized carbons (Fsp3) is 0.438. The predicted octanol–water partition coefficient (Wildman–Crippen LogP) is 2.41. The van der Waals surface area contributed by atoms with E-state index in [0.29, 0.717) is 28.7 Å². The summed E-state index contributed by atoms with van der Waals surface area (Å²) in [6.45, 7) is 4.94. The van der Waals surface area contributed by atoms with Crippen molar-refractivity contribution in [3.63, 3.8) is 0 Å². The fourth-order valence-electron chi connectivity index (χ4n) is 3.44. The first-order valence-corrected chi connectivity index (χ1v) is 9.78. The van der Waals surface area contributed by atoms with Gasteiger partial charge < -0.3 is 19.7 Å². The quantitative estimate of drug-likeness (QED) is 0.460. The maximum Gasteiger partial charge on any atom is 0.524 e. The zero-order valence-corrected chi connectivity index (χ0v) is 14.8. The van der Waals surface area contributed by atoms with Crippen molar-refractivity contribution in [1.29, 1.82) is 0 Å². The number of fused-ring (bicyclic) bond motifs is 1. The summed E-state index contributed by atoms with van der Waals surface area (Å²) in [5.74, 6) is 0.286. The number of amides is 1. The van der Waals surface area contributed by atoms with Gasteiger partial charge in [-0.2, -0.15) is 0 Å². The molecule has 0 spiro atoms. The Hall–Kier alpha value is -1.86. The number of aromatic amines is 1. The van der Waals surface area contributed by atoms with Crippen LogP contribution in [0.4, 0.5) is 5.69 Å². The van der Waals surface area contributed by atoms with E-state index < -0.39 is 7.82 Å². The minimum Gasteiger partial charge on any atom is -0.402 e. The van der Waals surface area contributed by atoms with E-state index in [2.05, 4.69) is 22.1 Å². The third-order valence-electron chi connectivity index (χ3n) is 4.68. The average molecular weight is 367 g/mol. The standard InChI is InChI=1S/C16H22N3O5P/c1-2-19-8-6-11(7-9-19)14-16(24-25(21,22)23)12-4-3-5-13(17-10-20)15(12)18-14/h3-5,10-11,18H,2,6-9H2,1H3,(H,17,20)(H2,21,22,23). The number of hydrogen-bond donors (Lipinski definition) is 4. The number of nitrogens with one attached hydrogen (secondary N) is 2. The zero-order valence-electron chi connectivity index (χ0n) is 13.9. The van der Waals surface area contributed by atoms with Gasteiger partial charge in [0.05, 0.1) is 16.9 Å². The second-order valence-electron chi connectivity index (χ2n) is 6.15. The Morgan fingerprint density at radius 3 is 2.72 bits per heavy atom. The molecule has 3 rings (SSSR count). The second-order valence-corrected chi connectivity index (χ2v) is 7.31. The lowest BCUT2D eigenvalue weighted by Crippen LogP contribution is -2.32. The minimum absolute atomic E-state index is 0.112. The summed E-state index contributed by atoms with van der Waals surface area (Å²) in [4.78, 5) is 35.0. The summed E-state index contributed by atoms with van der Waals surface area (Å²) in [7, 11) is -4.71. The van der Waals surface area contributed by atoms with Gasteiger partial charge in [-0.15, -0.1) is 0 Å². The summed E-state index contributed by atoms with van der Waals surface area (Å²) < 4.78 is 16.5. The molecule has 0 atom stereocenters. The number of likely N-dealkylation sites (tertiary alicyclic amines) is 1. The number of carbonyl (C=O) groups is 1. The fourth-order valence-corrected chi connectivity index (χ4v) is 3.87. The van der Waals surface area contributed by atoms with E-state index in [0.717, 1.165) is 32.5 Å². The van der Waals surface area contributed by atoms with Crippen LogP contribution in [0.15, 0.2) is 18.2 Å². The molecule has 9 heteroatoms. The second kappa shape index (κ2) is 7.17. The van der Waals surface area contributed by atoms with Crippen LogP contribution < -0.4 is 9.84 Å². The largest absolute Gasteiger partial charge is 0.524 e. The van der Waals surface area contributed by atoms with Gasteiger partial charge >= 0.3 is 7.82 Å². The maximum absolute atomic E-state index is 11.5. The predicted molar refractivity (Wildman–Crippen MR) is 94.7 cm³/mol. The van der Waals surface area contributed by atoms with E-state index in [1.165, 1.54) is 0 Å². The molecule has 1 aromatic heterocycles. The number of anilines is 1. The molecule has 25 heavy (non-hydrogen) atoms. The molecule has 4 N–H and O–H groups in total. The number of piperidine rings is 1. The molecule has 1 aliphatic rings. The molecule has 8 nitrogen and oxygen atoms in total. The Balaban J connectivity index is 2.06. The molecule has 1 aromatic carbocycles. The molecule has 0 saturated carbocycles. The van der Waals surface area contributed by atoms with Crippen LogP contribution in [0, 0.1) is 0 Å². The van der Waals surface area contributed by atoms with Gasteiger partial charge in [0, 0.05) is 11.3 Å². The van der Waals surface area contributed by atoms with E-state index in [-0.39, 0.29) is 11.7 Å². The van der Waals surface area contributed by atoms with Crippen LogP contribution in [0.3, 0.4) is 0 Å². The molecule has 1 saturated heterocycles. The molecule has 0 unspecified atom stereocenters.